The molecule has 0 unspecified atom stereocenters. The van der Waals surface area contributed by atoms with Crippen LogP contribution in [0.1, 0.15) is 31.4 Å². The molecule has 2 fully saturated rings. The van der Waals surface area contributed by atoms with Gasteiger partial charge in [-0.3, -0.25) is 19.8 Å². The standard InChI is InChI=1S/C33H37N5O5/c1-42-28-12-9-23(10-13-28)32-30(22-35-15-17-36(18-16-35)33(39)25-6-4-8-29(20-25)43-2)37-21-26(11-14-31(37)34-32)24-5-3-7-27(19-24)38(40)41/h3,5,7,9-14,19,21,25,29H,4,6,8,15-18,20,22H2,1-2H3/t25-,29-/m1/s1. The molecule has 1 aliphatic heterocycles. The summed E-state index contributed by atoms with van der Waals surface area (Å²) in [6, 6.07) is 18.5. The number of fused-ring (bicyclic) bond motifs is 1. The van der Waals surface area contributed by atoms with Gasteiger partial charge in [0.05, 0.1) is 29.5 Å². The van der Waals surface area contributed by atoms with E-state index in [1.165, 1.54) is 6.07 Å². The molecule has 10 nitrogen and oxygen atoms in total. The number of hydrogen-bond donors (Lipinski definition) is 0. The van der Waals surface area contributed by atoms with Crippen molar-refractivity contribution in [1.29, 1.82) is 0 Å². The summed E-state index contributed by atoms with van der Waals surface area (Å²) in [5.41, 5.74) is 5.39. The van der Waals surface area contributed by atoms with Crippen molar-refractivity contribution < 1.29 is 19.2 Å². The molecule has 224 valence electrons. The van der Waals surface area contributed by atoms with Crippen molar-refractivity contribution in [3.63, 3.8) is 0 Å². The molecule has 1 saturated carbocycles. The number of imidazole rings is 1. The van der Waals surface area contributed by atoms with E-state index in [9.17, 15) is 14.9 Å². The number of piperazine rings is 1. The van der Waals surface area contributed by atoms with E-state index >= 15 is 0 Å². The van der Waals surface area contributed by atoms with E-state index in [0.717, 1.165) is 78.2 Å². The molecule has 1 saturated heterocycles. The molecule has 6 rings (SSSR count). The van der Waals surface area contributed by atoms with Crippen LogP contribution in [0.15, 0.2) is 66.9 Å². The van der Waals surface area contributed by atoms with Crippen molar-refractivity contribution in [3.05, 3.63) is 82.7 Å². The van der Waals surface area contributed by atoms with Crippen molar-refractivity contribution >= 4 is 17.2 Å². The molecule has 43 heavy (non-hydrogen) atoms. The highest BCUT2D eigenvalue weighted by molar-refractivity contribution is 5.79. The van der Waals surface area contributed by atoms with E-state index in [1.807, 2.05) is 53.6 Å². The molecule has 0 N–H and O–H groups in total. The van der Waals surface area contributed by atoms with Gasteiger partial charge in [-0.1, -0.05) is 18.6 Å². The summed E-state index contributed by atoms with van der Waals surface area (Å²) >= 11 is 0. The molecule has 2 aromatic heterocycles. The van der Waals surface area contributed by atoms with Crippen molar-refractivity contribution in [2.75, 3.05) is 40.4 Å². The molecular weight excluding hydrogens is 546 g/mol. The van der Waals surface area contributed by atoms with E-state index in [-0.39, 0.29) is 28.5 Å². The van der Waals surface area contributed by atoms with Gasteiger partial charge in [0, 0.05) is 69.6 Å². The van der Waals surface area contributed by atoms with E-state index < -0.39 is 0 Å². The second-order valence-corrected chi connectivity index (χ2v) is 11.4. The lowest BCUT2D eigenvalue weighted by molar-refractivity contribution is -0.384. The summed E-state index contributed by atoms with van der Waals surface area (Å²) in [6.45, 7) is 3.58. The van der Waals surface area contributed by atoms with Crippen LogP contribution in [0.2, 0.25) is 0 Å². The Balaban J connectivity index is 1.27. The summed E-state index contributed by atoms with van der Waals surface area (Å²) in [6.07, 6.45) is 6.03. The number of nitro benzene ring substituents is 1. The third-order valence-corrected chi connectivity index (χ3v) is 8.84. The maximum absolute atomic E-state index is 13.3. The van der Waals surface area contributed by atoms with Gasteiger partial charge in [-0.05, 0) is 66.8 Å². The minimum atomic E-state index is -0.374. The Hall–Kier alpha value is -4.28. The number of hydrogen-bond acceptors (Lipinski definition) is 7. The first kappa shape index (κ1) is 28.8. The van der Waals surface area contributed by atoms with Crippen LogP contribution in [-0.4, -0.2) is 76.5 Å². The first-order chi connectivity index (χ1) is 20.9. The van der Waals surface area contributed by atoms with Crippen LogP contribution in [0.3, 0.4) is 0 Å². The Morgan fingerprint density at radius 1 is 0.977 bits per heavy atom. The highest BCUT2D eigenvalue weighted by Gasteiger charge is 2.32. The number of benzene rings is 2. The summed E-state index contributed by atoms with van der Waals surface area (Å²) in [7, 11) is 3.39. The lowest BCUT2D eigenvalue weighted by atomic mass is 9.86. The van der Waals surface area contributed by atoms with E-state index in [0.29, 0.717) is 19.6 Å². The number of ether oxygens (including phenoxy) is 2. The van der Waals surface area contributed by atoms with Crippen LogP contribution in [-0.2, 0) is 16.1 Å². The van der Waals surface area contributed by atoms with Gasteiger partial charge in [0.25, 0.3) is 5.69 Å². The molecule has 0 radical (unpaired) electrons. The highest BCUT2D eigenvalue weighted by atomic mass is 16.6. The quantitative estimate of drug-likeness (QED) is 0.201. The molecule has 3 heterocycles. The van der Waals surface area contributed by atoms with Gasteiger partial charge in [-0.25, -0.2) is 4.98 Å². The number of nitrogens with zero attached hydrogens (tertiary/aromatic N) is 5. The summed E-state index contributed by atoms with van der Waals surface area (Å²) in [5.74, 6) is 1.09. The number of amides is 1. The second kappa shape index (κ2) is 12.5. The number of carbonyl (C=O) groups is 1. The van der Waals surface area contributed by atoms with E-state index in [2.05, 4.69) is 9.30 Å². The predicted octanol–water partition coefficient (Wildman–Crippen LogP) is 5.43. The molecule has 2 aromatic carbocycles. The smallest absolute Gasteiger partial charge is 0.270 e. The lowest BCUT2D eigenvalue weighted by Gasteiger charge is -2.38. The summed E-state index contributed by atoms with van der Waals surface area (Å²) in [5, 5.41) is 11.4. The van der Waals surface area contributed by atoms with Gasteiger partial charge in [0.15, 0.2) is 0 Å². The third kappa shape index (κ3) is 6.11. The Bertz CT molecular complexity index is 1610. The van der Waals surface area contributed by atoms with Gasteiger partial charge in [-0.15, -0.1) is 0 Å². The number of carbonyl (C=O) groups excluding carboxylic acids is 1. The summed E-state index contributed by atoms with van der Waals surface area (Å²) < 4.78 is 13.0. The Morgan fingerprint density at radius 3 is 2.47 bits per heavy atom. The van der Waals surface area contributed by atoms with Crippen LogP contribution in [0, 0.1) is 16.0 Å². The van der Waals surface area contributed by atoms with Gasteiger partial charge in [0.2, 0.25) is 5.91 Å². The zero-order chi connectivity index (χ0) is 29.9. The monoisotopic (exact) mass is 583 g/mol. The van der Waals surface area contributed by atoms with Crippen molar-refractivity contribution in [2.24, 2.45) is 5.92 Å². The predicted molar refractivity (Wildman–Crippen MR) is 164 cm³/mol. The Labute approximate surface area is 251 Å². The van der Waals surface area contributed by atoms with Crippen molar-refractivity contribution in [3.8, 4) is 28.1 Å². The normalized spacial score (nSPS) is 19.4. The number of nitro groups is 1. The maximum Gasteiger partial charge on any atom is 0.270 e. The minimum Gasteiger partial charge on any atom is -0.497 e. The molecule has 4 aromatic rings. The average Bonchev–Trinajstić information content (AvgIpc) is 3.42. The van der Waals surface area contributed by atoms with Crippen LogP contribution in [0.5, 0.6) is 5.75 Å². The molecular formula is C33H37N5O5. The van der Waals surface area contributed by atoms with Gasteiger partial charge >= 0.3 is 0 Å². The third-order valence-electron chi connectivity index (χ3n) is 8.84. The number of methoxy groups -OCH3 is 2. The average molecular weight is 584 g/mol. The molecule has 0 spiro atoms. The van der Waals surface area contributed by atoms with E-state index in [1.54, 1.807) is 26.4 Å². The zero-order valence-electron chi connectivity index (χ0n) is 24.6. The lowest BCUT2D eigenvalue weighted by Crippen LogP contribution is -2.50. The first-order valence-corrected chi connectivity index (χ1v) is 14.9. The second-order valence-electron chi connectivity index (χ2n) is 11.4. The van der Waals surface area contributed by atoms with Gasteiger partial charge in [0.1, 0.15) is 11.4 Å². The van der Waals surface area contributed by atoms with Gasteiger partial charge < -0.3 is 18.8 Å². The van der Waals surface area contributed by atoms with Gasteiger partial charge in [-0.2, -0.15) is 0 Å². The fourth-order valence-corrected chi connectivity index (χ4v) is 6.37. The van der Waals surface area contributed by atoms with Crippen LogP contribution >= 0.6 is 0 Å². The van der Waals surface area contributed by atoms with E-state index in [4.69, 9.17) is 14.5 Å². The number of rotatable bonds is 8. The topological polar surface area (TPSA) is 102 Å². The molecule has 10 heteroatoms. The SMILES string of the molecule is COc1ccc(-c2nc3ccc(-c4cccc([N+](=O)[O-])c4)cn3c2CN2CCN(C(=O)[C@@H]3CCC[C@@H](OC)C3)CC2)cc1. The molecule has 2 aliphatic rings. The Kier molecular flexibility index (Phi) is 8.40. The zero-order valence-corrected chi connectivity index (χ0v) is 24.6. The van der Waals surface area contributed by atoms with Crippen molar-refractivity contribution in [2.45, 2.75) is 38.3 Å². The minimum absolute atomic E-state index is 0.0536. The van der Waals surface area contributed by atoms with Crippen molar-refractivity contribution in [1.82, 2.24) is 19.2 Å². The van der Waals surface area contributed by atoms with Crippen LogP contribution in [0.4, 0.5) is 5.69 Å². The highest BCUT2D eigenvalue weighted by Crippen LogP contribution is 2.32. The molecule has 2 atom stereocenters. The molecule has 0 bridgehead atoms. The fourth-order valence-electron chi connectivity index (χ4n) is 6.37. The largest absolute Gasteiger partial charge is 0.497 e. The first-order valence-electron chi connectivity index (χ1n) is 14.9. The molecule has 1 amide bonds. The number of non-ortho nitro benzene ring substituents is 1. The Morgan fingerprint density at radius 2 is 1.74 bits per heavy atom. The molecule has 1 aliphatic carbocycles. The number of aromatic nitrogens is 2. The summed E-state index contributed by atoms with van der Waals surface area (Å²) in [4.78, 5) is 33.8. The maximum atomic E-state index is 13.3. The number of pyridine rings is 1. The van der Waals surface area contributed by atoms with Crippen LogP contribution in [0.25, 0.3) is 28.0 Å². The van der Waals surface area contributed by atoms with Crippen LogP contribution < -0.4 is 4.74 Å². The fraction of sp³-hybridized carbons (Fsp3) is 0.394.